The van der Waals surface area contributed by atoms with Crippen molar-refractivity contribution in [3.05, 3.63) is 24.3 Å². The van der Waals surface area contributed by atoms with Crippen molar-refractivity contribution in [2.45, 2.75) is 96.9 Å². The minimum Gasteiger partial charge on any atom is -0.481 e. The van der Waals surface area contributed by atoms with Gasteiger partial charge in [-0.2, -0.15) is 0 Å². The van der Waals surface area contributed by atoms with Gasteiger partial charge in [0.15, 0.2) is 0 Å². The number of allylic oxidation sites excluding steroid dienone is 2. The number of unbranched alkanes of at least 4 members (excludes halogenated alkanes) is 2. The average Bonchev–Trinajstić information content (AvgIpc) is 3.03. The summed E-state index contributed by atoms with van der Waals surface area (Å²) < 4.78 is 0. The molecule has 0 aromatic heterocycles. The number of hydrogen-bond donors (Lipinski definition) is 4. The summed E-state index contributed by atoms with van der Waals surface area (Å²) >= 11 is 0. The van der Waals surface area contributed by atoms with Gasteiger partial charge in [-0.1, -0.05) is 64.3 Å². The van der Waals surface area contributed by atoms with Crippen LogP contribution in [0.4, 0.5) is 0 Å². The standard InChI is InChI=1S/C26H47NO5/c1-4-7-9-13-21(28)15-16-23-22(24(29)19-25(23)30)14-11-8-10-12-20(26(31)32)17-18-27(5-2)6-3/h8,11,15-16,20-25,28-30H,4-7,9-10,12-14,17-19H2,1-3H3,(H,31,32)/t20?,21?,22-,23-,24?,25?/m1/s1. The highest BCUT2D eigenvalue weighted by Crippen LogP contribution is 2.36. The highest BCUT2D eigenvalue weighted by molar-refractivity contribution is 5.69. The normalized spacial score (nSPS) is 25.8. The molecule has 1 saturated carbocycles. The molecule has 6 nitrogen and oxygen atoms in total. The molecule has 4 unspecified atom stereocenters. The van der Waals surface area contributed by atoms with Crippen LogP contribution in [-0.4, -0.2) is 69.2 Å². The Morgan fingerprint density at radius 1 is 1.03 bits per heavy atom. The van der Waals surface area contributed by atoms with E-state index in [9.17, 15) is 25.2 Å². The Hall–Kier alpha value is -1.21. The van der Waals surface area contributed by atoms with Crippen LogP contribution in [0.3, 0.4) is 0 Å². The summed E-state index contributed by atoms with van der Waals surface area (Å²) in [5.74, 6) is -1.33. The zero-order valence-corrected chi connectivity index (χ0v) is 20.4. The molecule has 1 fully saturated rings. The summed E-state index contributed by atoms with van der Waals surface area (Å²) in [4.78, 5) is 13.8. The topological polar surface area (TPSA) is 101 Å². The van der Waals surface area contributed by atoms with Crippen LogP contribution in [0.1, 0.15) is 78.6 Å². The lowest BCUT2D eigenvalue weighted by atomic mass is 9.89. The van der Waals surface area contributed by atoms with Crippen LogP contribution in [0, 0.1) is 17.8 Å². The highest BCUT2D eigenvalue weighted by Gasteiger charge is 2.39. The average molecular weight is 454 g/mol. The van der Waals surface area contributed by atoms with E-state index in [1.54, 1.807) is 6.08 Å². The third-order valence-corrected chi connectivity index (χ3v) is 6.87. The Morgan fingerprint density at radius 3 is 2.38 bits per heavy atom. The molecule has 1 aliphatic rings. The van der Waals surface area contributed by atoms with Gasteiger partial charge in [0.1, 0.15) is 0 Å². The number of hydrogen-bond acceptors (Lipinski definition) is 5. The van der Waals surface area contributed by atoms with E-state index in [1.165, 1.54) is 0 Å². The number of carboxylic acid groups (broad SMARTS) is 1. The van der Waals surface area contributed by atoms with Crippen molar-refractivity contribution in [2.24, 2.45) is 17.8 Å². The molecule has 1 aliphatic carbocycles. The molecule has 0 heterocycles. The second-order valence-corrected chi connectivity index (χ2v) is 9.19. The minimum absolute atomic E-state index is 0.0849. The maximum Gasteiger partial charge on any atom is 0.306 e. The van der Waals surface area contributed by atoms with Gasteiger partial charge in [0.25, 0.3) is 0 Å². The number of aliphatic hydroxyl groups is 3. The van der Waals surface area contributed by atoms with Gasteiger partial charge in [-0.25, -0.2) is 0 Å². The quantitative estimate of drug-likeness (QED) is 0.196. The first-order valence-corrected chi connectivity index (χ1v) is 12.7. The van der Waals surface area contributed by atoms with Crippen molar-refractivity contribution in [1.82, 2.24) is 4.90 Å². The van der Waals surface area contributed by atoms with E-state index in [1.807, 2.05) is 18.2 Å². The van der Waals surface area contributed by atoms with Crippen LogP contribution in [0.25, 0.3) is 0 Å². The number of aliphatic hydroxyl groups excluding tert-OH is 3. The number of carbonyl (C=O) groups is 1. The van der Waals surface area contributed by atoms with Gasteiger partial charge in [0.2, 0.25) is 0 Å². The van der Waals surface area contributed by atoms with Crippen LogP contribution < -0.4 is 0 Å². The molecule has 0 aliphatic heterocycles. The second kappa shape index (κ2) is 16.4. The van der Waals surface area contributed by atoms with Gasteiger partial charge in [-0.15, -0.1) is 0 Å². The predicted molar refractivity (Wildman–Crippen MR) is 129 cm³/mol. The first-order chi connectivity index (χ1) is 15.3. The van der Waals surface area contributed by atoms with Gasteiger partial charge >= 0.3 is 5.97 Å². The number of nitrogens with zero attached hydrogens (tertiary/aromatic N) is 1. The molecule has 4 N–H and O–H groups in total. The summed E-state index contributed by atoms with van der Waals surface area (Å²) in [6.45, 7) is 8.98. The number of carboxylic acids is 1. The fourth-order valence-electron chi connectivity index (χ4n) is 4.60. The van der Waals surface area contributed by atoms with Crippen molar-refractivity contribution < 1.29 is 25.2 Å². The lowest BCUT2D eigenvalue weighted by molar-refractivity contribution is -0.142. The van der Waals surface area contributed by atoms with Gasteiger partial charge in [0, 0.05) is 12.3 Å². The molecule has 1 rings (SSSR count). The Kier molecular flexibility index (Phi) is 14.8. The summed E-state index contributed by atoms with van der Waals surface area (Å²) in [6, 6.07) is 0. The molecule has 0 amide bonds. The summed E-state index contributed by atoms with van der Waals surface area (Å²) in [5.41, 5.74) is 0. The second-order valence-electron chi connectivity index (χ2n) is 9.19. The number of aliphatic carboxylic acids is 1. The van der Waals surface area contributed by atoms with Gasteiger partial charge in [-0.05, 0) is 57.7 Å². The Bertz CT molecular complexity index is 560. The molecule has 6 atom stereocenters. The van der Waals surface area contributed by atoms with E-state index in [0.29, 0.717) is 32.1 Å². The van der Waals surface area contributed by atoms with Crippen molar-refractivity contribution >= 4 is 5.97 Å². The lowest BCUT2D eigenvalue weighted by Gasteiger charge is -2.20. The first-order valence-electron chi connectivity index (χ1n) is 12.7. The Balaban J connectivity index is 2.51. The van der Waals surface area contributed by atoms with Crippen LogP contribution in [0.5, 0.6) is 0 Å². The van der Waals surface area contributed by atoms with Crippen LogP contribution in [0.2, 0.25) is 0 Å². The third kappa shape index (κ3) is 10.6. The minimum atomic E-state index is -0.734. The highest BCUT2D eigenvalue weighted by atomic mass is 16.4. The molecule has 0 bridgehead atoms. The fraction of sp³-hybridized carbons (Fsp3) is 0.808. The molecule has 0 aromatic carbocycles. The molecule has 0 spiro atoms. The van der Waals surface area contributed by atoms with E-state index < -0.39 is 24.3 Å². The van der Waals surface area contributed by atoms with Gasteiger partial charge in [0.05, 0.1) is 24.2 Å². The van der Waals surface area contributed by atoms with Gasteiger partial charge in [-0.3, -0.25) is 4.79 Å². The monoisotopic (exact) mass is 453 g/mol. The van der Waals surface area contributed by atoms with E-state index in [0.717, 1.165) is 45.3 Å². The van der Waals surface area contributed by atoms with Crippen molar-refractivity contribution in [2.75, 3.05) is 19.6 Å². The van der Waals surface area contributed by atoms with Crippen LogP contribution >= 0.6 is 0 Å². The number of rotatable bonds is 17. The van der Waals surface area contributed by atoms with E-state index in [-0.39, 0.29) is 17.8 Å². The van der Waals surface area contributed by atoms with Crippen molar-refractivity contribution in [3.63, 3.8) is 0 Å². The zero-order valence-electron chi connectivity index (χ0n) is 20.4. The van der Waals surface area contributed by atoms with Crippen molar-refractivity contribution in [3.8, 4) is 0 Å². The Labute approximate surface area is 195 Å². The molecule has 0 radical (unpaired) electrons. The first kappa shape index (κ1) is 28.8. The summed E-state index contributed by atoms with van der Waals surface area (Å²) in [7, 11) is 0. The summed E-state index contributed by atoms with van der Waals surface area (Å²) in [5, 5.41) is 40.4. The largest absolute Gasteiger partial charge is 0.481 e. The maximum atomic E-state index is 11.6. The Morgan fingerprint density at radius 2 is 1.75 bits per heavy atom. The molecule has 6 heteroatoms. The lowest BCUT2D eigenvalue weighted by Crippen LogP contribution is -2.27. The predicted octanol–water partition coefficient (Wildman–Crippen LogP) is 4.00. The maximum absolute atomic E-state index is 11.6. The summed E-state index contributed by atoms with van der Waals surface area (Å²) in [6.07, 6.45) is 12.8. The SMILES string of the molecule is CCCCCC(O)C=C[C@H]1C(O)CC(O)[C@@H]1CC=CCCC(CCN(CC)CC)C(=O)O. The molecular formula is C26H47NO5. The van der Waals surface area contributed by atoms with E-state index in [4.69, 9.17) is 0 Å². The van der Waals surface area contributed by atoms with Gasteiger partial charge < -0.3 is 25.3 Å². The van der Waals surface area contributed by atoms with E-state index in [2.05, 4.69) is 25.7 Å². The molecule has 0 aromatic rings. The zero-order chi connectivity index (χ0) is 23.9. The molecule has 186 valence electrons. The van der Waals surface area contributed by atoms with Crippen LogP contribution in [-0.2, 0) is 4.79 Å². The molecular weight excluding hydrogens is 406 g/mol. The fourth-order valence-corrected chi connectivity index (χ4v) is 4.60. The third-order valence-electron chi connectivity index (χ3n) is 6.87. The smallest absolute Gasteiger partial charge is 0.306 e. The van der Waals surface area contributed by atoms with Crippen LogP contribution in [0.15, 0.2) is 24.3 Å². The van der Waals surface area contributed by atoms with E-state index >= 15 is 0 Å². The molecule has 32 heavy (non-hydrogen) atoms. The van der Waals surface area contributed by atoms with Crippen molar-refractivity contribution in [1.29, 1.82) is 0 Å². The molecule has 0 saturated heterocycles.